The summed E-state index contributed by atoms with van der Waals surface area (Å²) in [4.78, 5) is 3.88. The first-order valence-corrected chi connectivity index (χ1v) is 3.78. The fourth-order valence-corrected chi connectivity index (χ4v) is 0.887. The smallest absolute Gasteiger partial charge is 0.137 e. The third kappa shape index (κ3) is 1.40. The molecular weight excluding hydrogens is 140 g/mol. The zero-order chi connectivity index (χ0) is 8.32. The van der Waals surface area contributed by atoms with E-state index < -0.39 is 0 Å². The molecule has 0 aliphatic rings. The summed E-state index contributed by atoms with van der Waals surface area (Å²) in [7, 11) is 0. The summed E-state index contributed by atoms with van der Waals surface area (Å²) in [5.41, 5.74) is 5.55. The Hall–Kier alpha value is -0.900. The fraction of sp³-hybridized carbons (Fsp3) is 0.714. The van der Waals surface area contributed by atoms with Gasteiger partial charge in [-0.15, -0.1) is 0 Å². The summed E-state index contributed by atoms with van der Waals surface area (Å²) >= 11 is 0. The monoisotopic (exact) mass is 154 g/mol. The molecule has 1 aromatic heterocycles. The highest BCUT2D eigenvalue weighted by molar-refractivity contribution is 4.80. The number of nitrogens with zero attached hydrogens (tertiary/aromatic N) is 3. The van der Waals surface area contributed by atoms with Gasteiger partial charge in [0.25, 0.3) is 0 Å². The Bertz CT molecular complexity index is 200. The number of aromatic nitrogens is 3. The molecule has 0 spiro atoms. The molecule has 2 N–H and O–H groups in total. The van der Waals surface area contributed by atoms with E-state index in [9.17, 15) is 0 Å². The Morgan fingerprint density at radius 2 is 2.36 bits per heavy atom. The molecule has 62 valence electrons. The first kappa shape index (κ1) is 8.20. The van der Waals surface area contributed by atoms with Crippen LogP contribution in [0.25, 0.3) is 0 Å². The molecule has 1 heterocycles. The van der Waals surface area contributed by atoms with E-state index in [4.69, 9.17) is 5.73 Å². The minimum absolute atomic E-state index is 0.0729. The molecule has 0 aliphatic heterocycles. The average molecular weight is 154 g/mol. The quantitative estimate of drug-likeness (QED) is 0.684. The van der Waals surface area contributed by atoms with Crippen molar-refractivity contribution in [3.8, 4) is 0 Å². The van der Waals surface area contributed by atoms with Crippen LogP contribution in [0.1, 0.15) is 20.3 Å². The van der Waals surface area contributed by atoms with Crippen molar-refractivity contribution in [3.05, 3.63) is 12.7 Å². The van der Waals surface area contributed by atoms with Crippen molar-refractivity contribution in [2.75, 3.05) is 6.54 Å². The highest BCUT2D eigenvalue weighted by Crippen LogP contribution is 2.15. The van der Waals surface area contributed by atoms with E-state index in [-0.39, 0.29) is 5.54 Å². The Kier molecular flexibility index (Phi) is 2.24. The van der Waals surface area contributed by atoms with Crippen LogP contribution in [0.2, 0.25) is 0 Å². The number of hydrogen-bond donors (Lipinski definition) is 1. The van der Waals surface area contributed by atoms with Crippen LogP contribution in [-0.2, 0) is 5.54 Å². The molecule has 0 radical (unpaired) electrons. The molecule has 1 aromatic rings. The molecule has 0 aliphatic carbocycles. The molecule has 1 unspecified atom stereocenters. The normalized spacial score (nSPS) is 16.3. The van der Waals surface area contributed by atoms with Crippen molar-refractivity contribution >= 4 is 0 Å². The van der Waals surface area contributed by atoms with Gasteiger partial charge in [0.1, 0.15) is 12.7 Å². The highest BCUT2D eigenvalue weighted by atomic mass is 15.4. The minimum Gasteiger partial charge on any atom is -0.328 e. The largest absolute Gasteiger partial charge is 0.328 e. The van der Waals surface area contributed by atoms with Gasteiger partial charge in [-0.1, -0.05) is 6.92 Å². The Labute approximate surface area is 66.4 Å². The van der Waals surface area contributed by atoms with Crippen molar-refractivity contribution in [2.45, 2.75) is 25.8 Å². The number of hydrogen-bond acceptors (Lipinski definition) is 3. The van der Waals surface area contributed by atoms with Gasteiger partial charge >= 0.3 is 0 Å². The second kappa shape index (κ2) is 3.00. The standard InChI is InChI=1S/C7H14N4/c1-3-7(2,4-8)11-6-9-5-10-11/h5-6H,3-4,8H2,1-2H3. The third-order valence-electron chi connectivity index (χ3n) is 2.17. The van der Waals surface area contributed by atoms with Crippen LogP contribution < -0.4 is 5.73 Å². The van der Waals surface area contributed by atoms with Crippen LogP contribution in [0.5, 0.6) is 0 Å². The summed E-state index contributed by atoms with van der Waals surface area (Å²) in [6.07, 6.45) is 4.20. The first-order valence-electron chi connectivity index (χ1n) is 3.78. The van der Waals surface area contributed by atoms with Crippen molar-refractivity contribution in [1.29, 1.82) is 0 Å². The van der Waals surface area contributed by atoms with Gasteiger partial charge in [-0.05, 0) is 13.3 Å². The van der Waals surface area contributed by atoms with E-state index in [2.05, 4.69) is 23.9 Å². The van der Waals surface area contributed by atoms with Crippen molar-refractivity contribution in [3.63, 3.8) is 0 Å². The molecule has 0 amide bonds. The van der Waals surface area contributed by atoms with Gasteiger partial charge in [-0.3, -0.25) is 0 Å². The predicted molar refractivity (Wildman–Crippen MR) is 43.0 cm³/mol. The molecule has 11 heavy (non-hydrogen) atoms. The van der Waals surface area contributed by atoms with E-state index in [0.717, 1.165) is 6.42 Å². The van der Waals surface area contributed by atoms with E-state index >= 15 is 0 Å². The van der Waals surface area contributed by atoms with Crippen LogP contribution in [0.3, 0.4) is 0 Å². The Morgan fingerprint density at radius 1 is 1.64 bits per heavy atom. The summed E-state index contributed by atoms with van der Waals surface area (Å²) in [6, 6.07) is 0. The van der Waals surface area contributed by atoms with Crippen LogP contribution in [0.15, 0.2) is 12.7 Å². The van der Waals surface area contributed by atoms with Gasteiger partial charge in [0, 0.05) is 6.54 Å². The van der Waals surface area contributed by atoms with E-state index in [1.807, 2.05) is 4.68 Å². The van der Waals surface area contributed by atoms with E-state index in [0.29, 0.717) is 6.54 Å². The minimum atomic E-state index is -0.0729. The summed E-state index contributed by atoms with van der Waals surface area (Å²) in [5, 5.41) is 4.06. The maximum absolute atomic E-state index is 5.62. The second-order valence-corrected chi connectivity index (χ2v) is 2.89. The van der Waals surface area contributed by atoms with Crippen molar-refractivity contribution in [2.24, 2.45) is 5.73 Å². The van der Waals surface area contributed by atoms with Gasteiger partial charge in [0.2, 0.25) is 0 Å². The molecule has 1 atom stereocenters. The SMILES string of the molecule is CCC(C)(CN)n1cncn1. The zero-order valence-electron chi connectivity index (χ0n) is 6.99. The lowest BCUT2D eigenvalue weighted by atomic mass is 10.0. The molecule has 0 bridgehead atoms. The maximum Gasteiger partial charge on any atom is 0.137 e. The zero-order valence-corrected chi connectivity index (χ0v) is 6.99. The van der Waals surface area contributed by atoms with Crippen LogP contribution >= 0.6 is 0 Å². The third-order valence-corrected chi connectivity index (χ3v) is 2.17. The van der Waals surface area contributed by atoms with E-state index in [1.54, 1.807) is 6.33 Å². The summed E-state index contributed by atoms with van der Waals surface area (Å²) in [5.74, 6) is 0. The van der Waals surface area contributed by atoms with E-state index in [1.165, 1.54) is 6.33 Å². The van der Waals surface area contributed by atoms with Crippen LogP contribution in [-0.4, -0.2) is 21.3 Å². The fourth-order valence-electron chi connectivity index (χ4n) is 0.887. The van der Waals surface area contributed by atoms with Crippen LogP contribution in [0.4, 0.5) is 0 Å². The van der Waals surface area contributed by atoms with Crippen LogP contribution in [0, 0.1) is 0 Å². The molecule has 4 heteroatoms. The molecule has 0 fully saturated rings. The highest BCUT2D eigenvalue weighted by Gasteiger charge is 2.22. The summed E-state index contributed by atoms with van der Waals surface area (Å²) in [6.45, 7) is 4.75. The lowest BCUT2D eigenvalue weighted by molar-refractivity contribution is 0.284. The molecule has 1 rings (SSSR count). The topological polar surface area (TPSA) is 56.7 Å². The maximum atomic E-state index is 5.62. The van der Waals surface area contributed by atoms with Gasteiger partial charge in [0.05, 0.1) is 5.54 Å². The molecule has 4 nitrogen and oxygen atoms in total. The van der Waals surface area contributed by atoms with Gasteiger partial charge in [0.15, 0.2) is 0 Å². The van der Waals surface area contributed by atoms with Gasteiger partial charge < -0.3 is 5.73 Å². The molecular formula is C7H14N4. The number of nitrogens with two attached hydrogens (primary N) is 1. The Morgan fingerprint density at radius 3 is 2.73 bits per heavy atom. The average Bonchev–Trinajstić information content (AvgIpc) is 2.55. The predicted octanol–water partition coefficient (Wildman–Crippen LogP) is 0.362. The van der Waals surface area contributed by atoms with Gasteiger partial charge in [-0.2, -0.15) is 5.10 Å². The van der Waals surface area contributed by atoms with Crippen molar-refractivity contribution in [1.82, 2.24) is 14.8 Å². The lowest BCUT2D eigenvalue weighted by Crippen LogP contribution is -2.37. The molecule has 0 saturated carbocycles. The van der Waals surface area contributed by atoms with Gasteiger partial charge in [-0.25, -0.2) is 9.67 Å². The Balaban J connectivity index is 2.87. The lowest BCUT2D eigenvalue weighted by Gasteiger charge is -2.25. The molecule has 0 saturated heterocycles. The second-order valence-electron chi connectivity index (χ2n) is 2.89. The first-order chi connectivity index (χ1) is 5.23. The van der Waals surface area contributed by atoms with Crippen molar-refractivity contribution < 1.29 is 0 Å². The molecule has 0 aromatic carbocycles. The number of rotatable bonds is 3. The summed E-state index contributed by atoms with van der Waals surface area (Å²) < 4.78 is 1.81.